The van der Waals surface area contributed by atoms with Crippen LogP contribution in [-0.2, 0) is 23.1 Å². The Balaban J connectivity index is 1.94. The number of hydrogen-bond acceptors (Lipinski definition) is 2. The number of sulfonamides is 1. The molecule has 0 amide bonds. The van der Waals surface area contributed by atoms with Crippen LogP contribution in [0.2, 0.25) is 0 Å². The second kappa shape index (κ2) is 4.43. The van der Waals surface area contributed by atoms with Crippen molar-refractivity contribution in [2.24, 2.45) is 0 Å². The van der Waals surface area contributed by atoms with Gasteiger partial charge in [0.1, 0.15) is 5.82 Å². The molecule has 0 fully saturated rings. The zero-order chi connectivity index (χ0) is 13.5. The molecule has 3 nitrogen and oxygen atoms in total. The Morgan fingerprint density at radius 2 is 1.42 bits per heavy atom. The zero-order valence-electron chi connectivity index (χ0n) is 10.1. The normalized spacial score (nSPS) is 15.4. The first-order valence-electron chi connectivity index (χ1n) is 5.90. The molecule has 5 heteroatoms. The first-order valence-corrected chi connectivity index (χ1v) is 7.34. The lowest BCUT2D eigenvalue weighted by Gasteiger charge is -2.15. The van der Waals surface area contributed by atoms with Crippen LogP contribution in [0.25, 0.3) is 0 Å². The summed E-state index contributed by atoms with van der Waals surface area (Å²) < 4.78 is 39.1. The summed E-state index contributed by atoms with van der Waals surface area (Å²) in [6.45, 7) is 0.742. The zero-order valence-corrected chi connectivity index (χ0v) is 10.9. The predicted octanol–water partition coefficient (Wildman–Crippen LogP) is 2.53. The summed E-state index contributed by atoms with van der Waals surface area (Å²) in [6.07, 6.45) is 0. The summed E-state index contributed by atoms with van der Waals surface area (Å²) in [5, 5.41) is 0. The lowest BCUT2D eigenvalue weighted by molar-refractivity contribution is 0.431. The Labute approximate surface area is 111 Å². The van der Waals surface area contributed by atoms with Gasteiger partial charge in [-0.25, -0.2) is 12.8 Å². The van der Waals surface area contributed by atoms with E-state index < -0.39 is 15.8 Å². The van der Waals surface area contributed by atoms with E-state index in [1.54, 1.807) is 0 Å². The minimum absolute atomic E-state index is 0.127. The summed E-state index contributed by atoms with van der Waals surface area (Å²) in [5.41, 5.74) is 2.04. The quantitative estimate of drug-likeness (QED) is 0.846. The van der Waals surface area contributed by atoms with Gasteiger partial charge in [0.2, 0.25) is 10.0 Å². The fraction of sp³-hybridized carbons (Fsp3) is 0.143. The summed E-state index contributed by atoms with van der Waals surface area (Å²) in [6, 6.07) is 12.6. The van der Waals surface area contributed by atoms with Crippen molar-refractivity contribution in [2.75, 3.05) is 0 Å². The third kappa shape index (κ3) is 2.15. The number of halogens is 1. The van der Waals surface area contributed by atoms with Crippen molar-refractivity contribution in [1.29, 1.82) is 0 Å². The fourth-order valence-electron chi connectivity index (χ4n) is 2.23. The van der Waals surface area contributed by atoms with Gasteiger partial charge in [-0.1, -0.05) is 24.3 Å². The van der Waals surface area contributed by atoms with Gasteiger partial charge in [-0.3, -0.25) is 0 Å². The molecule has 19 heavy (non-hydrogen) atoms. The minimum atomic E-state index is -3.56. The maximum Gasteiger partial charge on any atom is 0.243 e. The molecule has 1 heterocycles. The van der Waals surface area contributed by atoms with Crippen molar-refractivity contribution in [3.8, 4) is 0 Å². The standard InChI is InChI=1S/C14H12FNO2S/c15-13-5-7-14(8-6-13)19(17,18)16-9-11-3-1-2-4-12(11)10-16/h1-8H,9-10H2. The predicted molar refractivity (Wildman–Crippen MR) is 69.3 cm³/mol. The Bertz CT molecular complexity index is 685. The molecular weight excluding hydrogens is 265 g/mol. The van der Waals surface area contributed by atoms with E-state index in [4.69, 9.17) is 0 Å². The smallest absolute Gasteiger partial charge is 0.207 e. The van der Waals surface area contributed by atoms with E-state index in [1.807, 2.05) is 24.3 Å². The number of nitrogens with zero attached hydrogens (tertiary/aromatic N) is 1. The molecule has 0 atom stereocenters. The lowest BCUT2D eigenvalue weighted by Crippen LogP contribution is -2.25. The first-order chi connectivity index (χ1) is 9.07. The Hall–Kier alpha value is -1.72. The van der Waals surface area contributed by atoms with Crippen LogP contribution in [0, 0.1) is 5.82 Å². The molecule has 0 aromatic heterocycles. The fourth-order valence-corrected chi connectivity index (χ4v) is 3.62. The van der Waals surface area contributed by atoms with Crippen LogP contribution in [0.15, 0.2) is 53.4 Å². The summed E-state index contributed by atoms with van der Waals surface area (Å²) in [7, 11) is -3.56. The molecular formula is C14H12FNO2S. The van der Waals surface area contributed by atoms with Gasteiger partial charge in [-0.15, -0.1) is 0 Å². The molecule has 1 aliphatic heterocycles. The van der Waals surface area contributed by atoms with E-state index in [2.05, 4.69) is 0 Å². The molecule has 0 bridgehead atoms. The van der Waals surface area contributed by atoms with Crippen molar-refractivity contribution in [1.82, 2.24) is 4.31 Å². The third-order valence-corrected chi connectivity index (χ3v) is 5.07. The summed E-state index contributed by atoms with van der Waals surface area (Å²) in [5.74, 6) is -0.441. The van der Waals surface area contributed by atoms with Gasteiger partial charge < -0.3 is 0 Å². The largest absolute Gasteiger partial charge is 0.243 e. The van der Waals surface area contributed by atoms with Crippen molar-refractivity contribution in [2.45, 2.75) is 18.0 Å². The minimum Gasteiger partial charge on any atom is -0.207 e. The Kier molecular flexibility index (Phi) is 2.88. The topological polar surface area (TPSA) is 37.4 Å². The van der Waals surface area contributed by atoms with E-state index in [9.17, 15) is 12.8 Å². The average molecular weight is 277 g/mol. The van der Waals surface area contributed by atoms with E-state index in [1.165, 1.54) is 16.4 Å². The first kappa shape index (κ1) is 12.3. The molecule has 0 spiro atoms. The monoisotopic (exact) mass is 277 g/mol. The Morgan fingerprint density at radius 3 is 1.95 bits per heavy atom. The van der Waals surface area contributed by atoms with Crippen LogP contribution in [0.3, 0.4) is 0 Å². The van der Waals surface area contributed by atoms with Gasteiger partial charge >= 0.3 is 0 Å². The maximum absolute atomic E-state index is 12.9. The lowest BCUT2D eigenvalue weighted by atomic mass is 10.1. The van der Waals surface area contributed by atoms with Gasteiger partial charge in [-0.05, 0) is 35.4 Å². The summed E-state index contributed by atoms with van der Waals surface area (Å²) >= 11 is 0. The van der Waals surface area contributed by atoms with Crippen LogP contribution in [0.4, 0.5) is 4.39 Å². The van der Waals surface area contributed by atoms with E-state index in [0.717, 1.165) is 23.3 Å². The van der Waals surface area contributed by atoms with Gasteiger partial charge in [0.15, 0.2) is 0 Å². The highest BCUT2D eigenvalue weighted by atomic mass is 32.2. The number of hydrogen-bond donors (Lipinski definition) is 0. The molecule has 2 aromatic carbocycles. The van der Waals surface area contributed by atoms with Crippen LogP contribution in [0.1, 0.15) is 11.1 Å². The van der Waals surface area contributed by atoms with E-state index in [-0.39, 0.29) is 4.90 Å². The highest BCUT2D eigenvalue weighted by Crippen LogP contribution is 2.28. The van der Waals surface area contributed by atoms with Gasteiger partial charge in [0.05, 0.1) is 4.90 Å². The van der Waals surface area contributed by atoms with Crippen molar-refractivity contribution in [3.05, 3.63) is 65.5 Å². The van der Waals surface area contributed by atoms with Crippen molar-refractivity contribution < 1.29 is 12.8 Å². The molecule has 0 aliphatic carbocycles. The number of fused-ring (bicyclic) bond motifs is 1. The molecule has 98 valence electrons. The molecule has 0 N–H and O–H groups in total. The van der Waals surface area contributed by atoms with Gasteiger partial charge in [0.25, 0.3) is 0 Å². The molecule has 1 aliphatic rings. The highest BCUT2D eigenvalue weighted by molar-refractivity contribution is 7.89. The summed E-state index contributed by atoms with van der Waals surface area (Å²) in [4.78, 5) is 0.127. The maximum atomic E-state index is 12.9. The second-order valence-electron chi connectivity index (χ2n) is 4.50. The van der Waals surface area contributed by atoms with Crippen LogP contribution < -0.4 is 0 Å². The molecule has 0 radical (unpaired) electrons. The molecule has 2 aromatic rings. The second-order valence-corrected chi connectivity index (χ2v) is 6.43. The van der Waals surface area contributed by atoms with Crippen molar-refractivity contribution >= 4 is 10.0 Å². The average Bonchev–Trinajstić information content (AvgIpc) is 2.83. The van der Waals surface area contributed by atoms with E-state index in [0.29, 0.717) is 13.1 Å². The van der Waals surface area contributed by atoms with Gasteiger partial charge in [0, 0.05) is 13.1 Å². The van der Waals surface area contributed by atoms with Gasteiger partial charge in [-0.2, -0.15) is 4.31 Å². The van der Waals surface area contributed by atoms with Crippen LogP contribution in [0.5, 0.6) is 0 Å². The molecule has 0 saturated carbocycles. The molecule has 0 saturated heterocycles. The third-order valence-electron chi connectivity index (χ3n) is 3.26. The van der Waals surface area contributed by atoms with Crippen molar-refractivity contribution in [3.63, 3.8) is 0 Å². The van der Waals surface area contributed by atoms with Crippen LogP contribution in [-0.4, -0.2) is 12.7 Å². The SMILES string of the molecule is O=S(=O)(c1ccc(F)cc1)N1Cc2ccccc2C1. The molecule has 0 unspecified atom stereocenters. The Morgan fingerprint density at radius 1 is 0.895 bits per heavy atom. The number of rotatable bonds is 2. The van der Waals surface area contributed by atoms with E-state index >= 15 is 0 Å². The highest BCUT2D eigenvalue weighted by Gasteiger charge is 2.30. The molecule has 3 rings (SSSR count). The number of benzene rings is 2. The van der Waals surface area contributed by atoms with Crippen LogP contribution >= 0.6 is 0 Å².